The number of hydrogen-bond donors (Lipinski definition) is 2. The van der Waals surface area contributed by atoms with Crippen molar-refractivity contribution in [2.24, 2.45) is 5.73 Å². The van der Waals surface area contributed by atoms with Crippen LogP contribution < -0.4 is 5.73 Å². The van der Waals surface area contributed by atoms with Gasteiger partial charge in [-0.15, -0.1) is 0 Å². The molecule has 1 aromatic heterocycles. The first-order chi connectivity index (χ1) is 7.71. The number of nitrogens with two attached hydrogens (primary N) is 1. The first-order valence-electron chi connectivity index (χ1n) is 4.42. The number of carboxylic acid groups (broad SMARTS) is 1. The van der Waals surface area contributed by atoms with Crippen LogP contribution in [-0.2, 0) is 17.4 Å². The van der Waals surface area contributed by atoms with Crippen LogP contribution >= 0.6 is 11.6 Å². The lowest BCUT2D eigenvalue weighted by molar-refractivity contribution is -0.139. The molecule has 0 amide bonds. The minimum atomic E-state index is -4.54. The fraction of sp³-hybridized carbons (Fsp3) is 0.333. The zero-order valence-corrected chi connectivity index (χ0v) is 9.09. The van der Waals surface area contributed by atoms with Crippen molar-refractivity contribution in [1.82, 2.24) is 4.98 Å². The molecule has 1 rings (SSSR count). The molecule has 1 unspecified atom stereocenters. The van der Waals surface area contributed by atoms with Gasteiger partial charge in [-0.2, -0.15) is 13.2 Å². The largest absolute Gasteiger partial charge is 0.480 e. The number of pyridine rings is 1. The normalized spacial score (nSPS) is 13.5. The second kappa shape index (κ2) is 4.89. The topological polar surface area (TPSA) is 76.2 Å². The average molecular weight is 269 g/mol. The van der Waals surface area contributed by atoms with Gasteiger partial charge in [0.05, 0.1) is 16.3 Å². The molecule has 1 atom stereocenters. The first-order valence-corrected chi connectivity index (χ1v) is 4.79. The number of carbonyl (C=O) groups is 1. The molecule has 0 saturated heterocycles. The SMILES string of the molecule is NC(Cc1ncc(C(F)(F)F)cc1Cl)C(=O)O. The van der Waals surface area contributed by atoms with E-state index in [0.29, 0.717) is 12.3 Å². The standard InChI is InChI=1S/C9H8ClF3N2O2/c10-5-1-4(9(11,12)13)3-15-7(5)2-6(14)8(16)17/h1,3,6H,2,14H2,(H,16,17). The van der Waals surface area contributed by atoms with Crippen LogP contribution in [0.5, 0.6) is 0 Å². The Kier molecular flexibility index (Phi) is 3.94. The summed E-state index contributed by atoms with van der Waals surface area (Å²) < 4.78 is 36.8. The molecule has 0 aliphatic carbocycles. The highest BCUT2D eigenvalue weighted by Gasteiger charge is 2.31. The van der Waals surface area contributed by atoms with Gasteiger partial charge in [0.15, 0.2) is 0 Å². The summed E-state index contributed by atoms with van der Waals surface area (Å²) in [5, 5.41) is 8.29. The third-order valence-corrected chi connectivity index (χ3v) is 2.30. The highest BCUT2D eigenvalue weighted by Crippen LogP contribution is 2.31. The highest BCUT2D eigenvalue weighted by molar-refractivity contribution is 6.31. The van der Waals surface area contributed by atoms with Gasteiger partial charge in [-0.05, 0) is 6.07 Å². The van der Waals surface area contributed by atoms with E-state index >= 15 is 0 Å². The lowest BCUT2D eigenvalue weighted by atomic mass is 10.1. The smallest absolute Gasteiger partial charge is 0.417 e. The number of aliphatic carboxylic acids is 1. The summed E-state index contributed by atoms with van der Waals surface area (Å²) in [5.41, 5.74) is 4.25. The van der Waals surface area contributed by atoms with E-state index in [1.54, 1.807) is 0 Å². The quantitative estimate of drug-likeness (QED) is 0.875. The fourth-order valence-corrected chi connectivity index (χ4v) is 1.31. The zero-order chi connectivity index (χ0) is 13.2. The molecular formula is C9H8ClF3N2O2. The Balaban J connectivity index is 2.95. The molecule has 1 heterocycles. The third-order valence-electron chi connectivity index (χ3n) is 1.98. The van der Waals surface area contributed by atoms with E-state index in [1.807, 2.05) is 0 Å². The number of halogens is 4. The Morgan fingerprint density at radius 3 is 2.59 bits per heavy atom. The summed E-state index contributed by atoms with van der Waals surface area (Å²) in [7, 11) is 0. The van der Waals surface area contributed by atoms with E-state index in [4.69, 9.17) is 22.4 Å². The molecule has 0 radical (unpaired) electrons. The molecule has 3 N–H and O–H groups in total. The average Bonchev–Trinajstić information content (AvgIpc) is 2.19. The van der Waals surface area contributed by atoms with Gasteiger partial charge < -0.3 is 10.8 Å². The Morgan fingerprint density at radius 1 is 1.59 bits per heavy atom. The van der Waals surface area contributed by atoms with Gasteiger partial charge in [0.1, 0.15) is 6.04 Å². The maximum atomic E-state index is 12.3. The van der Waals surface area contributed by atoms with Gasteiger partial charge >= 0.3 is 12.1 Å². The number of aromatic nitrogens is 1. The van der Waals surface area contributed by atoms with Crippen molar-refractivity contribution < 1.29 is 23.1 Å². The molecule has 17 heavy (non-hydrogen) atoms. The summed E-state index contributed by atoms with van der Waals surface area (Å²) in [4.78, 5) is 13.9. The lowest BCUT2D eigenvalue weighted by Gasteiger charge is -2.10. The van der Waals surface area contributed by atoms with E-state index in [1.165, 1.54) is 0 Å². The third kappa shape index (κ3) is 3.57. The summed E-state index contributed by atoms with van der Waals surface area (Å²) in [6.45, 7) is 0. The Labute approximate surface area is 99.2 Å². The second-order valence-electron chi connectivity index (χ2n) is 3.30. The van der Waals surface area contributed by atoms with Crippen LogP contribution in [0.25, 0.3) is 0 Å². The second-order valence-corrected chi connectivity index (χ2v) is 3.71. The van der Waals surface area contributed by atoms with Crippen molar-refractivity contribution in [1.29, 1.82) is 0 Å². The van der Waals surface area contributed by atoms with E-state index < -0.39 is 23.8 Å². The number of alkyl halides is 3. The van der Waals surface area contributed by atoms with Crippen LogP contribution in [0.1, 0.15) is 11.3 Å². The van der Waals surface area contributed by atoms with Crippen molar-refractivity contribution >= 4 is 17.6 Å². The van der Waals surface area contributed by atoms with E-state index in [0.717, 1.165) is 0 Å². The van der Waals surface area contributed by atoms with Gasteiger partial charge in [0.25, 0.3) is 0 Å². The van der Waals surface area contributed by atoms with Crippen LogP contribution in [0.2, 0.25) is 5.02 Å². The predicted molar refractivity (Wildman–Crippen MR) is 53.6 cm³/mol. The van der Waals surface area contributed by atoms with Gasteiger partial charge in [-0.3, -0.25) is 9.78 Å². The summed E-state index contributed by atoms with van der Waals surface area (Å²) in [6.07, 6.45) is -4.17. The molecule has 0 bridgehead atoms. The predicted octanol–water partition coefficient (Wildman–Crippen LogP) is 1.71. The Hall–Kier alpha value is -1.34. The zero-order valence-electron chi connectivity index (χ0n) is 8.33. The highest BCUT2D eigenvalue weighted by atomic mass is 35.5. The summed E-state index contributed by atoms with van der Waals surface area (Å²) >= 11 is 5.57. The van der Waals surface area contributed by atoms with Crippen LogP contribution in [0, 0.1) is 0 Å². The number of rotatable bonds is 3. The van der Waals surface area contributed by atoms with E-state index in [-0.39, 0.29) is 17.1 Å². The molecule has 0 aromatic carbocycles. The first kappa shape index (κ1) is 13.7. The van der Waals surface area contributed by atoms with Gasteiger partial charge in [0.2, 0.25) is 0 Å². The number of hydrogen-bond acceptors (Lipinski definition) is 3. The lowest BCUT2D eigenvalue weighted by Crippen LogP contribution is -2.32. The molecule has 0 aliphatic heterocycles. The maximum Gasteiger partial charge on any atom is 0.417 e. The van der Waals surface area contributed by atoms with Crippen molar-refractivity contribution in [3.63, 3.8) is 0 Å². The Bertz CT molecular complexity index is 437. The Morgan fingerprint density at radius 2 is 2.18 bits per heavy atom. The molecule has 94 valence electrons. The molecular weight excluding hydrogens is 261 g/mol. The molecule has 0 aliphatic rings. The molecule has 0 spiro atoms. The molecule has 4 nitrogen and oxygen atoms in total. The van der Waals surface area contributed by atoms with Crippen LogP contribution in [0.3, 0.4) is 0 Å². The van der Waals surface area contributed by atoms with Crippen molar-refractivity contribution in [3.8, 4) is 0 Å². The van der Waals surface area contributed by atoms with Gasteiger partial charge in [0, 0.05) is 12.6 Å². The fourth-order valence-electron chi connectivity index (χ4n) is 1.07. The van der Waals surface area contributed by atoms with Crippen molar-refractivity contribution in [2.75, 3.05) is 0 Å². The monoisotopic (exact) mass is 268 g/mol. The molecule has 8 heteroatoms. The molecule has 0 fully saturated rings. The van der Waals surface area contributed by atoms with E-state index in [2.05, 4.69) is 4.98 Å². The van der Waals surface area contributed by atoms with E-state index in [9.17, 15) is 18.0 Å². The summed E-state index contributed by atoms with van der Waals surface area (Å²) in [6, 6.07) is -0.560. The minimum absolute atomic E-state index is 0.0227. The maximum absolute atomic E-state index is 12.3. The van der Waals surface area contributed by atoms with Crippen molar-refractivity contribution in [3.05, 3.63) is 28.5 Å². The van der Waals surface area contributed by atoms with Gasteiger partial charge in [-0.25, -0.2) is 0 Å². The van der Waals surface area contributed by atoms with Gasteiger partial charge in [-0.1, -0.05) is 11.6 Å². The summed E-state index contributed by atoms with van der Waals surface area (Å²) in [5.74, 6) is -1.28. The molecule has 0 saturated carbocycles. The minimum Gasteiger partial charge on any atom is -0.480 e. The number of carboxylic acids is 1. The molecule has 1 aromatic rings. The van der Waals surface area contributed by atoms with Crippen LogP contribution in [0.4, 0.5) is 13.2 Å². The van der Waals surface area contributed by atoms with Crippen molar-refractivity contribution in [2.45, 2.75) is 18.6 Å². The van der Waals surface area contributed by atoms with Crippen LogP contribution in [0.15, 0.2) is 12.3 Å². The van der Waals surface area contributed by atoms with Crippen LogP contribution in [-0.4, -0.2) is 22.1 Å². The number of nitrogens with zero attached hydrogens (tertiary/aromatic N) is 1.